The van der Waals surface area contributed by atoms with Gasteiger partial charge in [0.15, 0.2) is 6.29 Å². The van der Waals surface area contributed by atoms with Gasteiger partial charge in [0.1, 0.15) is 18.3 Å². The van der Waals surface area contributed by atoms with Crippen LogP contribution in [0.15, 0.2) is 11.1 Å². The van der Waals surface area contributed by atoms with Crippen LogP contribution < -0.4 is 0 Å². The van der Waals surface area contributed by atoms with Crippen molar-refractivity contribution in [2.24, 2.45) is 44.3 Å². The van der Waals surface area contributed by atoms with E-state index in [4.69, 9.17) is 9.47 Å². The van der Waals surface area contributed by atoms with E-state index in [9.17, 15) is 25.2 Å². The fraction of sp³-hybridized carbons (Fsp3) is 0.914. The van der Waals surface area contributed by atoms with E-state index in [0.29, 0.717) is 11.8 Å². The zero-order valence-electron chi connectivity index (χ0n) is 27.0. The van der Waals surface area contributed by atoms with Gasteiger partial charge >= 0.3 is 5.97 Å². The molecule has 0 aromatic carbocycles. The molecule has 0 aromatic heterocycles. The Morgan fingerprint density at radius 3 is 2.19 bits per heavy atom. The van der Waals surface area contributed by atoms with Gasteiger partial charge in [0.05, 0.1) is 18.1 Å². The van der Waals surface area contributed by atoms with Gasteiger partial charge in [0, 0.05) is 0 Å². The van der Waals surface area contributed by atoms with Gasteiger partial charge in [-0.3, -0.25) is 4.79 Å². The number of carboxylic acids is 1. The molecule has 0 radical (unpaired) electrons. The molecule has 1 heterocycles. The summed E-state index contributed by atoms with van der Waals surface area (Å²) in [6.45, 7) is 16.8. The number of fused-ring (bicyclic) bond motifs is 6. The first-order chi connectivity index (χ1) is 19.4. The standard InChI is InChI=1S/C35H56O7/c1-30(2)14-16-35(29(39)40)17-15-33(6)20(21(35)18-30)8-9-24-32(5)12-11-25(31(3,4)23(32)10-13-34(24,33)7)42-28-27(38)26(37)22(36)19-41-28/h22-28,36-38H,8-19H2,1-7H3,(H,39,40)/t22-,23-,24+,25-,26-,27+,28-,32-,33+,34+,35-/m0/s1. The third kappa shape index (κ3) is 4.12. The summed E-state index contributed by atoms with van der Waals surface area (Å²) in [5.41, 5.74) is 2.38. The summed E-state index contributed by atoms with van der Waals surface area (Å²) in [4.78, 5) is 12.9. The lowest BCUT2D eigenvalue weighted by atomic mass is 9.34. The van der Waals surface area contributed by atoms with E-state index < -0.39 is 36.0 Å². The van der Waals surface area contributed by atoms with Crippen molar-refractivity contribution < 1.29 is 34.7 Å². The van der Waals surface area contributed by atoms with Crippen molar-refractivity contribution >= 4 is 5.97 Å². The summed E-state index contributed by atoms with van der Waals surface area (Å²) in [6.07, 6.45) is 5.94. The molecule has 6 rings (SSSR count). The van der Waals surface area contributed by atoms with Crippen LogP contribution >= 0.6 is 0 Å². The summed E-state index contributed by atoms with van der Waals surface area (Å²) in [7, 11) is 0. The van der Waals surface area contributed by atoms with Crippen molar-refractivity contribution in [2.75, 3.05) is 6.61 Å². The number of allylic oxidation sites excluding steroid dienone is 1. The van der Waals surface area contributed by atoms with Gasteiger partial charge in [0.2, 0.25) is 0 Å². The number of ether oxygens (including phenoxy) is 2. The predicted octanol–water partition coefficient (Wildman–Crippen LogP) is 5.84. The zero-order chi connectivity index (χ0) is 30.7. The largest absolute Gasteiger partial charge is 0.481 e. The number of carbonyl (C=O) groups is 1. The third-order valence-electron chi connectivity index (χ3n) is 14.6. The average Bonchev–Trinajstić information content (AvgIpc) is 2.90. The van der Waals surface area contributed by atoms with Gasteiger partial charge in [-0.05, 0) is 110 Å². The third-order valence-corrected chi connectivity index (χ3v) is 14.6. The summed E-state index contributed by atoms with van der Waals surface area (Å²) >= 11 is 0. The highest BCUT2D eigenvalue weighted by Crippen LogP contribution is 2.75. The first-order valence-corrected chi connectivity index (χ1v) is 16.7. The first kappa shape index (κ1) is 31.0. The number of rotatable bonds is 3. The van der Waals surface area contributed by atoms with Gasteiger partial charge in [-0.2, -0.15) is 0 Å². The molecular formula is C35H56O7. The molecule has 238 valence electrons. The average molecular weight is 589 g/mol. The fourth-order valence-corrected chi connectivity index (χ4v) is 11.9. The zero-order valence-corrected chi connectivity index (χ0v) is 27.0. The van der Waals surface area contributed by atoms with Gasteiger partial charge in [-0.1, -0.05) is 59.6 Å². The molecule has 7 nitrogen and oxygen atoms in total. The molecule has 6 aliphatic rings. The lowest BCUT2D eigenvalue weighted by Crippen LogP contribution is -2.65. The van der Waals surface area contributed by atoms with E-state index >= 15 is 0 Å². The second-order valence-electron chi connectivity index (χ2n) is 17.4. The molecule has 1 saturated heterocycles. The van der Waals surface area contributed by atoms with Crippen LogP contribution in [0.1, 0.15) is 119 Å². The van der Waals surface area contributed by atoms with Crippen LogP contribution in [0.4, 0.5) is 0 Å². The van der Waals surface area contributed by atoms with Crippen LogP contribution in [0.3, 0.4) is 0 Å². The topological polar surface area (TPSA) is 116 Å². The van der Waals surface area contributed by atoms with Gasteiger partial charge in [0.25, 0.3) is 0 Å². The van der Waals surface area contributed by atoms with Crippen molar-refractivity contribution in [3.63, 3.8) is 0 Å². The summed E-state index contributed by atoms with van der Waals surface area (Å²) in [5.74, 6) is 0.381. The van der Waals surface area contributed by atoms with Crippen molar-refractivity contribution in [1.82, 2.24) is 0 Å². The second kappa shape index (κ2) is 9.75. The Labute approximate surface area is 252 Å². The molecule has 42 heavy (non-hydrogen) atoms. The van der Waals surface area contributed by atoms with Gasteiger partial charge < -0.3 is 29.9 Å². The van der Waals surface area contributed by atoms with Crippen molar-refractivity contribution in [3.05, 3.63) is 11.1 Å². The van der Waals surface area contributed by atoms with E-state index in [0.717, 1.165) is 70.6 Å². The minimum absolute atomic E-state index is 0.0140. The van der Waals surface area contributed by atoms with Crippen molar-refractivity contribution in [3.8, 4) is 0 Å². The number of aliphatic hydroxyl groups is 3. The highest BCUT2D eigenvalue weighted by Gasteiger charge is 2.68. The van der Waals surface area contributed by atoms with E-state index in [1.54, 1.807) is 0 Å². The Morgan fingerprint density at radius 1 is 0.810 bits per heavy atom. The van der Waals surface area contributed by atoms with E-state index in [-0.39, 0.29) is 39.8 Å². The van der Waals surface area contributed by atoms with E-state index in [2.05, 4.69) is 48.5 Å². The fourth-order valence-electron chi connectivity index (χ4n) is 11.9. The molecule has 5 aliphatic carbocycles. The summed E-state index contributed by atoms with van der Waals surface area (Å²) < 4.78 is 12.1. The number of carboxylic acid groups (broad SMARTS) is 1. The number of aliphatic hydroxyl groups excluding tert-OH is 3. The Bertz CT molecular complexity index is 1140. The number of hydrogen-bond donors (Lipinski definition) is 4. The molecular weight excluding hydrogens is 532 g/mol. The minimum atomic E-state index is -1.27. The SMILES string of the molecule is CC1(C)CC[C@]2(C(=O)O)CC[C@]3(C)C(=C2C1)CC[C@@H]1[C@@]2(C)CC[C@H](O[C@@H]4OC[C@H](O)[C@H](O)[C@H]4O)C(C)(C)[C@@H]2CC[C@]13C. The van der Waals surface area contributed by atoms with Crippen LogP contribution in [0.25, 0.3) is 0 Å². The molecule has 4 N–H and O–H groups in total. The maximum absolute atomic E-state index is 12.9. The lowest BCUT2D eigenvalue weighted by molar-refractivity contribution is -0.308. The van der Waals surface area contributed by atoms with Crippen LogP contribution in [-0.4, -0.2) is 63.7 Å². The van der Waals surface area contributed by atoms with Gasteiger partial charge in [-0.15, -0.1) is 0 Å². The van der Waals surface area contributed by atoms with Crippen molar-refractivity contribution in [1.29, 1.82) is 0 Å². The Hall–Kier alpha value is -0.990. The van der Waals surface area contributed by atoms with Crippen LogP contribution in [0.2, 0.25) is 0 Å². The second-order valence-corrected chi connectivity index (χ2v) is 17.4. The molecule has 5 fully saturated rings. The quantitative estimate of drug-likeness (QED) is 0.242. The van der Waals surface area contributed by atoms with Crippen LogP contribution in [0, 0.1) is 44.3 Å². The normalized spacial score (nSPS) is 51.5. The van der Waals surface area contributed by atoms with Gasteiger partial charge in [-0.25, -0.2) is 0 Å². The number of hydrogen-bond acceptors (Lipinski definition) is 6. The lowest BCUT2D eigenvalue weighted by Gasteiger charge is -2.71. The first-order valence-electron chi connectivity index (χ1n) is 16.7. The summed E-state index contributed by atoms with van der Waals surface area (Å²) in [5, 5.41) is 41.3. The molecule has 0 aromatic rings. The molecule has 1 aliphatic heterocycles. The Morgan fingerprint density at radius 2 is 1.50 bits per heavy atom. The molecule has 7 heteroatoms. The van der Waals surface area contributed by atoms with Crippen molar-refractivity contribution in [2.45, 2.75) is 150 Å². The summed E-state index contributed by atoms with van der Waals surface area (Å²) in [6, 6.07) is 0. The molecule has 11 atom stereocenters. The predicted molar refractivity (Wildman–Crippen MR) is 159 cm³/mol. The highest BCUT2D eigenvalue weighted by atomic mass is 16.7. The van der Waals surface area contributed by atoms with E-state index in [1.807, 2.05) is 0 Å². The maximum atomic E-state index is 12.9. The number of aliphatic carboxylic acids is 1. The smallest absolute Gasteiger partial charge is 0.313 e. The highest BCUT2D eigenvalue weighted by molar-refractivity contribution is 5.80. The minimum Gasteiger partial charge on any atom is -0.481 e. The molecule has 0 bridgehead atoms. The Balaban J connectivity index is 1.31. The molecule has 0 unspecified atom stereocenters. The molecule has 0 amide bonds. The van der Waals surface area contributed by atoms with Crippen LogP contribution in [0.5, 0.6) is 0 Å². The molecule has 0 spiro atoms. The van der Waals surface area contributed by atoms with Crippen LogP contribution in [-0.2, 0) is 14.3 Å². The van der Waals surface area contributed by atoms with E-state index in [1.165, 1.54) is 11.1 Å². The molecule has 4 saturated carbocycles. The Kier molecular flexibility index (Phi) is 7.20. The maximum Gasteiger partial charge on any atom is 0.313 e. The monoisotopic (exact) mass is 588 g/mol.